The summed E-state index contributed by atoms with van der Waals surface area (Å²) in [5.41, 5.74) is 4.25. The lowest BCUT2D eigenvalue weighted by Gasteiger charge is -2.08. The second kappa shape index (κ2) is 4.69. The van der Waals surface area contributed by atoms with Gasteiger partial charge in [-0.25, -0.2) is 4.98 Å². The minimum absolute atomic E-state index is 0.669. The van der Waals surface area contributed by atoms with E-state index in [1.807, 2.05) is 43.6 Å². The van der Waals surface area contributed by atoms with E-state index in [2.05, 4.69) is 22.1 Å². The summed E-state index contributed by atoms with van der Waals surface area (Å²) < 4.78 is 5.20. The van der Waals surface area contributed by atoms with Crippen LogP contribution in [0.4, 0.5) is 0 Å². The third kappa shape index (κ3) is 2.03. The summed E-state index contributed by atoms with van der Waals surface area (Å²) >= 11 is 0. The second-order valence-electron chi connectivity index (χ2n) is 4.43. The standard InChI is InChI=1S/C16H14N2O/c1-11-9-12(10-18-16(11)19-2)13-7-8-17-15-6-4-3-5-14(13)15/h3-10H,1-2H3. The molecule has 0 atom stereocenters. The number of rotatable bonds is 2. The molecule has 3 nitrogen and oxygen atoms in total. The van der Waals surface area contributed by atoms with Gasteiger partial charge >= 0.3 is 0 Å². The first kappa shape index (κ1) is 11.7. The number of nitrogens with zero attached hydrogens (tertiary/aromatic N) is 2. The number of pyridine rings is 2. The molecule has 0 radical (unpaired) electrons. The lowest BCUT2D eigenvalue weighted by molar-refractivity contribution is 0.394. The summed E-state index contributed by atoms with van der Waals surface area (Å²) in [5, 5.41) is 1.14. The van der Waals surface area contributed by atoms with E-state index in [0.717, 1.165) is 27.6 Å². The van der Waals surface area contributed by atoms with E-state index >= 15 is 0 Å². The smallest absolute Gasteiger partial charge is 0.215 e. The number of para-hydroxylation sites is 1. The summed E-state index contributed by atoms with van der Waals surface area (Å²) in [4.78, 5) is 8.72. The molecule has 19 heavy (non-hydrogen) atoms. The fourth-order valence-corrected chi connectivity index (χ4v) is 2.27. The molecule has 1 aromatic carbocycles. The average molecular weight is 250 g/mol. The molecule has 0 aliphatic rings. The van der Waals surface area contributed by atoms with Crippen LogP contribution in [-0.4, -0.2) is 17.1 Å². The quantitative estimate of drug-likeness (QED) is 0.696. The van der Waals surface area contributed by atoms with Gasteiger partial charge in [-0.1, -0.05) is 18.2 Å². The number of aromatic nitrogens is 2. The SMILES string of the molecule is COc1ncc(-c2ccnc3ccccc23)cc1C. The predicted molar refractivity (Wildman–Crippen MR) is 76.3 cm³/mol. The van der Waals surface area contributed by atoms with Crippen molar-refractivity contribution in [2.75, 3.05) is 7.11 Å². The zero-order valence-electron chi connectivity index (χ0n) is 10.9. The fraction of sp³-hybridized carbons (Fsp3) is 0.125. The minimum Gasteiger partial charge on any atom is -0.481 e. The van der Waals surface area contributed by atoms with Crippen molar-refractivity contribution in [1.29, 1.82) is 0 Å². The molecule has 3 rings (SSSR count). The molecule has 0 unspecified atom stereocenters. The topological polar surface area (TPSA) is 35.0 Å². The van der Waals surface area contributed by atoms with Gasteiger partial charge in [-0.15, -0.1) is 0 Å². The normalized spacial score (nSPS) is 10.6. The Hall–Kier alpha value is -2.42. The average Bonchev–Trinajstić information content (AvgIpc) is 2.46. The lowest BCUT2D eigenvalue weighted by atomic mass is 10.0. The van der Waals surface area contributed by atoms with Crippen molar-refractivity contribution in [2.24, 2.45) is 0 Å². The Labute approximate surface area is 111 Å². The van der Waals surface area contributed by atoms with Gasteiger partial charge in [0.15, 0.2) is 0 Å². The summed E-state index contributed by atoms with van der Waals surface area (Å²) in [5.74, 6) is 0.669. The first-order chi connectivity index (χ1) is 9.29. The van der Waals surface area contributed by atoms with Crippen molar-refractivity contribution < 1.29 is 4.74 Å². The number of fused-ring (bicyclic) bond motifs is 1. The highest BCUT2D eigenvalue weighted by Crippen LogP contribution is 2.29. The Morgan fingerprint density at radius 1 is 1.05 bits per heavy atom. The third-order valence-corrected chi connectivity index (χ3v) is 3.18. The maximum absolute atomic E-state index is 5.20. The maximum Gasteiger partial charge on any atom is 0.215 e. The van der Waals surface area contributed by atoms with Crippen molar-refractivity contribution in [3.8, 4) is 17.0 Å². The number of hydrogen-bond donors (Lipinski definition) is 0. The Morgan fingerprint density at radius 2 is 1.89 bits per heavy atom. The highest BCUT2D eigenvalue weighted by Gasteiger charge is 2.07. The van der Waals surface area contributed by atoms with Crippen molar-refractivity contribution in [1.82, 2.24) is 9.97 Å². The molecule has 0 bridgehead atoms. The van der Waals surface area contributed by atoms with Crippen LogP contribution in [0.2, 0.25) is 0 Å². The molecule has 0 fully saturated rings. The van der Waals surface area contributed by atoms with Gasteiger partial charge in [-0.2, -0.15) is 0 Å². The van der Waals surface area contributed by atoms with Gasteiger partial charge in [-0.3, -0.25) is 4.98 Å². The van der Waals surface area contributed by atoms with Crippen LogP contribution in [0.1, 0.15) is 5.56 Å². The number of aryl methyl sites for hydroxylation is 1. The molecule has 2 heterocycles. The summed E-state index contributed by atoms with van der Waals surface area (Å²) in [7, 11) is 1.64. The highest BCUT2D eigenvalue weighted by atomic mass is 16.5. The van der Waals surface area contributed by atoms with Crippen molar-refractivity contribution >= 4 is 10.9 Å². The molecule has 0 N–H and O–H groups in total. The van der Waals surface area contributed by atoms with Crippen molar-refractivity contribution in [3.63, 3.8) is 0 Å². The van der Waals surface area contributed by atoms with E-state index in [4.69, 9.17) is 4.74 Å². The molecule has 0 spiro atoms. The van der Waals surface area contributed by atoms with Crippen LogP contribution in [-0.2, 0) is 0 Å². The second-order valence-corrected chi connectivity index (χ2v) is 4.43. The molecule has 0 saturated heterocycles. The van der Waals surface area contributed by atoms with Gasteiger partial charge < -0.3 is 4.74 Å². The van der Waals surface area contributed by atoms with E-state index in [0.29, 0.717) is 5.88 Å². The first-order valence-corrected chi connectivity index (χ1v) is 6.14. The van der Waals surface area contributed by atoms with Crippen LogP contribution >= 0.6 is 0 Å². The number of methoxy groups -OCH3 is 1. The monoisotopic (exact) mass is 250 g/mol. The minimum atomic E-state index is 0.669. The molecule has 0 aliphatic carbocycles. The Morgan fingerprint density at radius 3 is 2.68 bits per heavy atom. The van der Waals surface area contributed by atoms with Gasteiger partial charge in [-0.05, 0) is 30.7 Å². The van der Waals surface area contributed by atoms with Crippen LogP contribution < -0.4 is 4.74 Å². The zero-order chi connectivity index (χ0) is 13.2. The molecule has 0 saturated carbocycles. The van der Waals surface area contributed by atoms with Gasteiger partial charge in [0.25, 0.3) is 0 Å². The Kier molecular flexibility index (Phi) is 2.88. The van der Waals surface area contributed by atoms with Gasteiger partial charge in [0.05, 0.1) is 12.6 Å². The number of ether oxygens (including phenoxy) is 1. The fourth-order valence-electron chi connectivity index (χ4n) is 2.27. The van der Waals surface area contributed by atoms with Crippen molar-refractivity contribution in [2.45, 2.75) is 6.92 Å². The molecular formula is C16H14N2O. The van der Waals surface area contributed by atoms with Crippen LogP contribution in [0.3, 0.4) is 0 Å². The number of hydrogen-bond acceptors (Lipinski definition) is 3. The van der Waals surface area contributed by atoms with E-state index in [-0.39, 0.29) is 0 Å². The summed E-state index contributed by atoms with van der Waals surface area (Å²) in [6.07, 6.45) is 3.67. The van der Waals surface area contributed by atoms with Gasteiger partial charge in [0.2, 0.25) is 5.88 Å². The molecule has 3 heteroatoms. The highest BCUT2D eigenvalue weighted by molar-refractivity contribution is 5.94. The maximum atomic E-state index is 5.20. The molecule has 0 amide bonds. The van der Waals surface area contributed by atoms with Gasteiger partial charge in [0, 0.05) is 28.9 Å². The van der Waals surface area contributed by atoms with Crippen LogP contribution in [0.15, 0.2) is 48.8 Å². The zero-order valence-corrected chi connectivity index (χ0v) is 10.9. The van der Waals surface area contributed by atoms with E-state index in [1.165, 1.54) is 0 Å². The molecule has 2 aromatic heterocycles. The summed E-state index contributed by atoms with van der Waals surface area (Å²) in [6.45, 7) is 2.00. The van der Waals surface area contributed by atoms with Gasteiger partial charge in [0.1, 0.15) is 0 Å². The lowest BCUT2D eigenvalue weighted by Crippen LogP contribution is -1.92. The van der Waals surface area contributed by atoms with Crippen LogP contribution in [0.25, 0.3) is 22.0 Å². The van der Waals surface area contributed by atoms with E-state index < -0.39 is 0 Å². The van der Waals surface area contributed by atoms with E-state index in [9.17, 15) is 0 Å². The Balaban J connectivity index is 2.22. The third-order valence-electron chi connectivity index (χ3n) is 3.18. The Bertz CT molecular complexity index is 732. The van der Waals surface area contributed by atoms with E-state index in [1.54, 1.807) is 7.11 Å². The van der Waals surface area contributed by atoms with Crippen LogP contribution in [0, 0.1) is 6.92 Å². The molecule has 94 valence electrons. The molecule has 3 aromatic rings. The summed E-state index contributed by atoms with van der Waals surface area (Å²) in [6, 6.07) is 12.2. The van der Waals surface area contributed by atoms with Crippen molar-refractivity contribution in [3.05, 3.63) is 54.4 Å². The first-order valence-electron chi connectivity index (χ1n) is 6.14. The number of benzene rings is 1. The predicted octanol–water partition coefficient (Wildman–Crippen LogP) is 3.61. The van der Waals surface area contributed by atoms with Crippen LogP contribution in [0.5, 0.6) is 5.88 Å². The molecule has 0 aliphatic heterocycles. The molecular weight excluding hydrogens is 236 g/mol. The largest absolute Gasteiger partial charge is 0.481 e.